The van der Waals surface area contributed by atoms with Gasteiger partial charge in [0.1, 0.15) is 11.9 Å². The van der Waals surface area contributed by atoms with Gasteiger partial charge in [-0.3, -0.25) is 4.79 Å². The van der Waals surface area contributed by atoms with Crippen LogP contribution >= 0.6 is 47.0 Å². The van der Waals surface area contributed by atoms with E-state index < -0.39 is 22.5 Å². The number of carbonyl (C=O) groups excluding carboxylic acids is 1. The number of thiocarbonyl (C=S) groups is 1. The van der Waals surface area contributed by atoms with Gasteiger partial charge in [-0.15, -0.1) is 0 Å². The van der Waals surface area contributed by atoms with Gasteiger partial charge in [0.15, 0.2) is 11.8 Å². The number of methoxy groups -OCH3 is 1. The molecule has 122 valence electrons. The Labute approximate surface area is 147 Å². The third-order valence-electron chi connectivity index (χ3n) is 2.38. The second-order valence-electron chi connectivity index (χ2n) is 3.97. The number of alkyl halides is 4. The van der Waals surface area contributed by atoms with Crippen molar-refractivity contribution in [2.75, 3.05) is 19.1 Å². The van der Waals surface area contributed by atoms with Gasteiger partial charge in [0.05, 0.1) is 12.8 Å². The zero-order valence-electron chi connectivity index (χ0n) is 11.3. The number of hydrogen-bond donors (Lipinski definition) is 3. The van der Waals surface area contributed by atoms with Gasteiger partial charge in [0.25, 0.3) is 5.91 Å². The number of rotatable bonds is 5. The Morgan fingerprint density at radius 2 is 2.00 bits per heavy atom. The van der Waals surface area contributed by atoms with Gasteiger partial charge in [-0.2, -0.15) is 0 Å². The highest BCUT2D eigenvalue weighted by Gasteiger charge is 2.34. The molecular formula is C12H13Cl3FN3O2S. The number of halogens is 4. The quantitative estimate of drug-likeness (QED) is 0.411. The molecule has 1 amide bonds. The number of nitrogens with one attached hydrogen (secondary N) is 3. The summed E-state index contributed by atoms with van der Waals surface area (Å²) in [6.07, 6.45) is -1.21. The summed E-state index contributed by atoms with van der Waals surface area (Å²) in [7, 11) is 1.50. The molecule has 0 saturated carbocycles. The largest absolute Gasteiger partial charge is 0.495 e. The minimum absolute atomic E-state index is 0.0555. The van der Waals surface area contributed by atoms with Crippen LogP contribution in [-0.4, -0.2) is 34.8 Å². The van der Waals surface area contributed by atoms with E-state index in [1.54, 1.807) is 24.3 Å². The predicted molar refractivity (Wildman–Crippen MR) is 90.5 cm³/mol. The van der Waals surface area contributed by atoms with E-state index in [2.05, 4.69) is 16.0 Å². The average Bonchev–Trinajstić information content (AvgIpc) is 2.45. The normalized spacial score (nSPS) is 12.2. The van der Waals surface area contributed by atoms with E-state index in [1.807, 2.05) is 0 Å². The lowest BCUT2D eigenvalue weighted by Gasteiger charge is -2.27. The maximum Gasteiger partial charge on any atom is 0.253 e. The maximum absolute atomic E-state index is 12.3. The summed E-state index contributed by atoms with van der Waals surface area (Å²) in [5.41, 5.74) is 0.572. The fourth-order valence-corrected chi connectivity index (χ4v) is 1.99. The third-order valence-corrected chi connectivity index (χ3v) is 3.26. The van der Waals surface area contributed by atoms with Crippen LogP contribution in [0.3, 0.4) is 0 Å². The Balaban J connectivity index is 2.77. The summed E-state index contributed by atoms with van der Waals surface area (Å²) in [5, 5.41) is 7.65. The van der Waals surface area contributed by atoms with Gasteiger partial charge in [-0.1, -0.05) is 46.9 Å². The second kappa shape index (κ2) is 8.57. The van der Waals surface area contributed by atoms with Crippen LogP contribution in [0.5, 0.6) is 5.75 Å². The molecule has 0 saturated heterocycles. The van der Waals surface area contributed by atoms with E-state index in [0.29, 0.717) is 11.4 Å². The molecule has 22 heavy (non-hydrogen) atoms. The van der Waals surface area contributed by atoms with Crippen LogP contribution in [0, 0.1) is 0 Å². The summed E-state index contributed by atoms with van der Waals surface area (Å²) in [4.78, 5) is 11.1. The monoisotopic (exact) mass is 387 g/mol. The van der Waals surface area contributed by atoms with Crippen LogP contribution in [0.25, 0.3) is 0 Å². The number of carbonyl (C=O) groups is 1. The predicted octanol–water partition coefficient (Wildman–Crippen LogP) is 2.76. The van der Waals surface area contributed by atoms with Crippen molar-refractivity contribution in [1.82, 2.24) is 10.6 Å². The Morgan fingerprint density at radius 3 is 2.55 bits per heavy atom. The number of ether oxygens (including phenoxy) is 1. The van der Waals surface area contributed by atoms with Gasteiger partial charge in [0.2, 0.25) is 3.79 Å². The van der Waals surface area contributed by atoms with Crippen molar-refractivity contribution in [3.05, 3.63) is 24.3 Å². The Kier molecular flexibility index (Phi) is 7.41. The van der Waals surface area contributed by atoms with Crippen LogP contribution in [0.1, 0.15) is 0 Å². The lowest BCUT2D eigenvalue weighted by atomic mass is 10.3. The van der Waals surface area contributed by atoms with Gasteiger partial charge in [-0.05, 0) is 24.4 Å². The van der Waals surface area contributed by atoms with Gasteiger partial charge >= 0.3 is 0 Å². The van der Waals surface area contributed by atoms with Crippen LogP contribution < -0.4 is 20.7 Å². The first-order valence-electron chi connectivity index (χ1n) is 5.90. The molecule has 1 atom stereocenters. The zero-order valence-corrected chi connectivity index (χ0v) is 14.4. The Morgan fingerprint density at radius 1 is 1.36 bits per heavy atom. The summed E-state index contributed by atoms with van der Waals surface area (Å²) >= 11 is 22.3. The third kappa shape index (κ3) is 6.00. The van der Waals surface area contributed by atoms with Gasteiger partial charge in [0, 0.05) is 0 Å². The van der Waals surface area contributed by atoms with Crippen molar-refractivity contribution in [3.63, 3.8) is 0 Å². The molecule has 0 aliphatic rings. The molecule has 1 aromatic carbocycles. The first kappa shape index (κ1) is 19.0. The SMILES string of the molecule is COc1ccccc1NC(=S)NC(NC(=O)CF)C(Cl)(Cl)Cl. The molecule has 5 nitrogen and oxygen atoms in total. The fraction of sp³-hybridized carbons (Fsp3) is 0.333. The van der Waals surface area contributed by atoms with E-state index >= 15 is 0 Å². The van der Waals surface area contributed by atoms with E-state index in [1.165, 1.54) is 7.11 Å². The minimum atomic E-state index is -1.93. The highest BCUT2D eigenvalue weighted by Crippen LogP contribution is 2.29. The van der Waals surface area contributed by atoms with E-state index in [0.717, 1.165) is 0 Å². The summed E-state index contributed by atoms with van der Waals surface area (Å²) in [5.74, 6) is -0.395. The van der Waals surface area contributed by atoms with Crippen molar-refractivity contribution in [2.24, 2.45) is 0 Å². The van der Waals surface area contributed by atoms with E-state index in [4.69, 9.17) is 51.8 Å². The van der Waals surface area contributed by atoms with Crippen molar-refractivity contribution in [3.8, 4) is 5.75 Å². The van der Waals surface area contributed by atoms with Crippen LogP contribution in [0.4, 0.5) is 10.1 Å². The maximum atomic E-state index is 12.3. The fourth-order valence-electron chi connectivity index (χ4n) is 1.44. The molecule has 1 unspecified atom stereocenters. The molecule has 0 aliphatic carbocycles. The molecule has 1 rings (SSSR count). The highest BCUT2D eigenvalue weighted by molar-refractivity contribution is 7.80. The minimum Gasteiger partial charge on any atom is -0.495 e. The van der Waals surface area contributed by atoms with Crippen LogP contribution in [0.15, 0.2) is 24.3 Å². The van der Waals surface area contributed by atoms with Crippen molar-refractivity contribution in [1.29, 1.82) is 0 Å². The van der Waals surface area contributed by atoms with Gasteiger partial charge < -0.3 is 20.7 Å². The highest BCUT2D eigenvalue weighted by atomic mass is 35.6. The molecule has 0 spiro atoms. The van der Waals surface area contributed by atoms with Crippen molar-refractivity contribution in [2.45, 2.75) is 9.96 Å². The summed E-state index contributed by atoms with van der Waals surface area (Å²) in [6.45, 7) is -1.24. The molecule has 1 aromatic rings. The molecule has 10 heteroatoms. The first-order chi connectivity index (χ1) is 10.3. The lowest BCUT2D eigenvalue weighted by molar-refractivity contribution is -0.122. The smallest absolute Gasteiger partial charge is 0.253 e. The molecular weight excluding hydrogens is 376 g/mol. The Hall–Kier alpha value is -1.02. The topological polar surface area (TPSA) is 62.4 Å². The molecule has 0 aromatic heterocycles. The molecule has 0 fully saturated rings. The standard InChI is InChI=1S/C12H13Cl3FN3O2S/c1-21-8-5-3-2-4-7(8)17-11(22)19-10(12(13,14)15)18-9(20)6-16/h2-5,10H,6H2,1H3,(H,18,20)(H2,17,19,22). The molecule has 3 N–H and O–H groups in total. The second-order valence-corrected chi connectivity index (χ2v) is 6.75. The number of hydrogen-bond acceptors (Lipinski definition) is 3. The van der Waals surface area contributed by atoms with E-state index in [-0.39, 0.29) is 5.11 Å². The van der Waals surface area contributed by atoms with Crippen molar-refractivity contribution >= 4 is 63.7 Å². The molecule has 0 radical (unpaired) electrons. The lowest BCUT2D eigenvalue weighted by Crippen LogP contribution is -2.56. The Bertz CT molecular complexity index is 543. The number of amides is 1. The average molecular weight is 389 g/mol. The van der Waals surface area contributed by atoms with Crippen LogP contribution in [0.2, 0.25) is 0 Å². The number of anilines is 1. The summed E-state index contributed by atoms with van der Waals surface area (Å²) in [6, 6.07) is 7.00. The molecule has 0 bridgehead atoms. The zero-order chi connectivity index (χ0) is 16.8. The van der Waals surface area contributed by atoms with Crippen LogP contribution in [-0.2, 0) is 4.79 Å². The number of benzene rings is 1. The summed E-state index contributed by atoms with van der Waals surface area (Å²) < 4.78 is 15.5. The molecule has 0 heterocycles. The van der Waals surface area contributed by atoms with Gasteiger partial charge in [-0.25, -0.2) is 4.39 Å². The van der Waals surface area contributed by atoms with Crippen molar-refractivity contribution < 1.29 is 13.9 Å². The number of para-hydroxylation sites is 2. The molecule has 0 aliphatic heterocycles. The van der Waals surface area contributed by atoms with E-state index in [9.17, 15) is 9.18 Å². The first-order valence-corrected chi connectivity index (χ1v) is 7.44.